The first-order valence-electron chi connectivity index (χ1n) is 8.10. The number of hydrogen-bond acceptors (Lipinski definition) is 2. The molecule has 22 heavy (non-hydrogen) atoms. The van der Waals surface area contributed by atoms with E-state index < -0.39 is 0 Å². The summed E-state index contributed by atoms with van der Waals surface area (Å²) in [5, 5.41) is 15.4. The van der Waals surface area contributed by atoms with Crippen LogP contribution in [0.15, 0.2) is 30.3 Å². The molecule has 0 aromatic heterocycles. The third-order valence-electron chi connectivity index (χ3n) is 4.01. The molecule has 0 aliphatic heterocycles. The molecule has 1 amide bonds. The molecule has 0 aliphatic carbocycles. The SMILES string of the molecule is CCCCCc1c(O)ccc2cccc(CCNC(C)=O)c12. The first-order chi connectivity index (χ1) is 10.6. The van der Waals surface area contributed by atoms with Gasteiger partial charge in [0.05, 0.1) is 0 Å². The molecular weight excluding hydrogens is 274 g/mol. The number of benzene rings is 2. The van der Waals surface area contributed by atoms with Crippen LogP contribution < -0.4 is 5.32 Å². The molecule has 2 aromatic carbocycles. The fraction of sp³-hybridized carbons (Fsp3) is 0.421. The topological polar surface area (TPSA) is 49.3 Å². The van der Waals surface area contributed by atoms with Crippen LogP contribution in [0.3, 0.4) is 0 Å². The lowest BCUT2D eigenvalue weighted by Gasteiger charge is -2.14. The molecule has 0 fully saturated rings. The molecule has 118 valence electrons. The van der Waals surface area contributed by atoms with E-state index in [4.69, 9.17) is 0 Å². The second-order valence-electron chi connectivity index (χ2n) is 5.77. The van der Waals surface area contributed by atoms with Crippen LogP contribution in [0.2, 0.25) is 0 Å². The predicted octanol–water partition coefficient (Wildman–Crippen LogP) is 3.96. The number of rotatable bonds is 7. The molecule has 0 saturated heterocycles. The number of aryl methyl sites for hydroxylation is 1. The maximum atomic E-state index is 11.0. The highest BCUT2D eigenvalue weighted by Crippen LogP contribution is 2.31. The molecule has 0 heterocycles. The average Bonchev–Trinajstić information content (AvgIpc) is 2.49. The van der Waals surface area contributed by atoms with E-state index in [-0.39, 0.29) is 5.91 Å². The highest BCUT2D eigenvalue weighted by atomic mass is 16.3. The number of unbranched alkanes of at least 4 members (excludes halogenated alkanes) is 2. The molecule has 2 rings (SSSR count). The number of amides is 1. The van der Waals surface area contributed by atoms with Crippen LogP contribution in [0.4, 0.5) is 0 Å². The predicted molar refractivity (Wildman–Crippen MR) is 91.2 cm³/mol. The quantitative estimate of drug-likeness (QED) is 0.760. The molecule has 2 N–H and O–H groups in total. The third-order valence-corrected chi connectivity index (χ3v) is 4.01. The molecule has 0 atom stereocenters. The van der Waals surface area contributed by atoms with Gasteiger partial charge in [0.15, 0.2) is 0 Å². The number of nitrogens with one attached hydrogen (secondary N) is 1. The summed E-state index contributed by atoms with van der Waals surface area (Å²) in [6.45, 7) is 4.34. The Kier molecular flexibility index (Phi) is 5.82. The summed E-state index contributed by atoms with van der Waals surface area (Å²) >= 11 is 0. The van der Waals surface area contributed by atoms with Crippen LogP contribution >= 0.6 is 0 Å². The lowest BCUT2D eigenvalue weighted by molar-refractivity contribution is -0.118. The van der Waals surface area contributed by atoms with Gasteiger partial charge in [-0.1, -0.05) is 44.0 Å². The summed E-state index contributed by atoms with van der Waals surface area (Å²) < 4.78 is 0. The van der Waals surface area contributed by atoms with E-state index in [1.807, 2.05) is 12.1 Å². The van der Waals surface area contributed by atoms with Gasteiger partial charge in [-0.2, -0.15) is 0 Å². The van der Waals surface area contributed by atoms with Crippen LogP contribution in [-0.4, -0.2) is 17.6 Å². The largest absolute Gasteiger partial charge is 0.508 e. The van der Waals surface area contributed by atoms with Gasteiger partial charge in [0.25, 0.3) is 0 Å². The zero-order valence-corrected chi connectivity index (χ0v) is 13.5. The Morgan fingerprint density at radius 3 is 2.68 bits per heavy atom. The van der Waals surface area contributed by atoms with Crippen molar-refractivity contribution in [3.63, 3.8) is 0 Å². The summed E-state index contributed by atoms with van der Waals surface area (Å²) in [5.74, 6) is 0.377. The van der Waals surface area contributed by atoms with Gasteiger partial charge in [-0.15, -0.1) is 0 Å². The Hall–Kier alpha value is -2.03. The number of carbonyl (C=O) groups is 1. The minimum absolute atomic E-state index is 0.00810. The maximum Gasteiger partial charge on any atom is 0.216 e. The average molecular weight is 299 g/mol. The Morgan fingerprint density at radius 2 is 1.95 bits per heavy atom. The van der Waals surface area contributed by atoms with Gasteiger partial charge in [0.2, 0.25) is 5.91 Å². The summed E-state index contributed by atoms with van der Waals surface area (Å²) in [5.41, 5.74) is 2.23. The van der Waals surface area contributed by atoms with Crippen LogP contribution in [0.25, 0.3) is 10.8 Å². The highest BCUT2D eigenvalue weighted by Gasteiger charge is 2.10. The van der Waals surface area contributed by atoms with E-state index >= 15 is 0 Å². The number of hydrogen-bond donors (Lipinski definition) is 2. The van der Waals surface area contributed by atoms with Crippen molar-refractivity contribution in [2.45, 2.75) is 46.0 Å². The Balaban J connectivity index is 2.34. The molecule has 0 bridgehead atoms. The third kappa shape index (κ3) is 4.00. The standard InChI is InChI=1S/C19H25NO2/c1-3-4-5-9-17-18(22)11-10-15-7-6-8-16(19(15)17)12-13-20-14(2)21/h6-8,10-11,22H,3-5,9,12-13H2,1-2H3,(H,20,21). The van der Waals surface area contributed by atoms with Crippen molar-refractivity contribution in [2.24, 2.45) is 0 Å². The molecule has 0 saturated carbocycles. The van der Waals surface area contributed by atoms with Crippen LogP contribution in [0.1, 0.15) is 44.2 Å². The van der Waals surface area contributed by atoms with Crippen molar-refractivity contribution >= 4 is 16.7 Å². The van der Waals surface area contributed by atoms with Crippen LogP contribution in [-0.2, 0) is 17.6 Å². The number of fused-ring (bicyclic) bond motifs is 1. The van der Waals surface area contributed by atoms with Gasteiger partial charge in [0, 0.05) is 19.0 Å². The lowest BCUT2D eigenvalue weighted by Crippen LogP contribution is -2.22. The first-order valence-corrected chi connectivity index (χ1v) is 8.10. The zero-order valence-electron chi connectivity index (χ0n) is 13.5. The zero-order chi connectivity index (χ0) is 15.9. The van der Waals surface area contributed by atoms with E-state index in [0.717, 1.165) is 35.6 Å². The molecule has 0 aliphatic rings. The molecule has 2 aromatic rings. The maximum absolute atomic E-state index is 11.0. The van der Waals surface area contributed by atoms with Gasteiger partial charge in [0.1, 0.15) is 5.75 Å². The summed E-state index contributed by atoms with van der Waals surface area (Å²) in [7, 11) is 0. The lowest BCUT2D eigenvalue weighted by atomic mass is 9.93. The van der Waals surface area contributed by atoms with Crippen molar-refractivity contribution in [2.75, 3.05) is 6.54 Å². The van der Waals surface area contributed by atoms with Crippen molar-refractivity contribution < 1.29 is 9.90 Å². The second kappa shape index (κ2) is 7.83. The van der Waals surface area contributed by atoms with Gasteiger partial charge in [-0.05, 0) is 41.7 Å². The molecule has 0 spiro atoms. The summed E-state index contributed by atoms with van der Waals surface area (Å²) in [4.78, 5) is 11.0. The normalized spacial score (nSPS) is 10.8. The molecular formula is C19H25NO2. The number of carbonyl (C=O) groups excluding carboxylic acids is 1. The second-order valence-corrected chi connectivity index (χ2v) is 5.77. The Labute approximate surface area is 132 Å². The summed E-state index contributed by atoms with van der Waals surface area (Å²) in [6.07, 6.45) is 5.10. The minimum atomic E-state index is -0.00810. The van der Waals surface area contributed by atoms with E-state index in [2.05, 4.69) is 24.4 Å². The number of phenolic OH excluding ortho intramolecular Hbond substituents is 1. The van der Waals surface area contributed by atoms with E-state index in [1.54, 1.807) is 6.07 Å². The fourth-order valence-corrected chi connectivity index (χ4v) is 2.91. The Bertz CT molecular complexity index is 649. The van der Waals surface area contributed by atoms with Crippen molar-refractivity contribution in [1.29, 1.82) is 0 Å². The van der Waals surface area contributed by atoms with Gasteiger partial charge >= 0.3 is 0 Å². The van der Waals surface area contributed by atoms with Crippen LogP contribution in [0, 0.1) is 0 Å². The fourth-order valence-electron chi connectivity index (χ4n) is 2.91. The Morgan fingerprint density at radius 1 is 1.14 bits per heavy atom. The molecule has 0 unspecified atom stereocenters. The highest BCUT2D eigenvalue weighted by molar-refractivity contribution is 5.90. The van der Waals surface area contributed by atoms with Crippen molar-refractivity contribution in [3.8, 4) is 5.75 Å². The molecule has 3 nitrogen and oxygen atoms in total. The van der Waals surface area contributed by atoms with Crippen LogP contribution in [0.5, 0.6) is 5.75 Å². The van der Waals surface area contributed by atoms with E-state index in [0.29, 0.717) is 12.3 Å². The summed E-state index contributed by atoms with van der Waals surface area (Å²) in [6, 6.07) is 9.97. The van der Waals surface area contributed by atoms with Gasteiger partial charge in [-0.25, -0.2) is 0 Å². The van der Waals surface area contributed by atoms with E-state index in [1.165, 1.54) is 25.3 Å². The number of aromatic hydroxyl groups is 1. The van der Waals surface area contributed by atoms with Gasteiger partial charge < -0.3 is 10.4 Å². The minimum Gasteiger partial charge on any atom is -0.508 e. The van der Waals surface area contributed by atoms with E-state index in [9.17, 15) is 9.90 Å². The smallest absolute Gasteiger partial charge is 0.216 e. The molecule has 3 heteroatoms. The van der Waals surface area contributed by atoms with Crippen molar-refractivity contribution in [1.82, 2.24) is 5.32 Å². The molecule has 0 radical (unpaired) electrons. The van der Waals surface area contributed by atoms with Gasteiger partial charge in [-0.3, -0.25) is 4.79 Å². The first kappa shape index (κ1) is 16.3. The monoisotopic (exact) mass is 299 g/mol. The van der Waals surface area contributed by atoms with Crippen molar-refractivity contribution in [3.05, 3.63) is 41.5 Å². The number of phenols is 1.